The Hall–Kier alpha value is -2.59. The summed E-state index contributed by atoms with van der Waals surface area (Å²) < 4.78 is 27.4. The Bertz CT molecular complexity index is 1170. The molecule has 0 radical (unpaired) electrons. The van der Waals surface area contributed by atoms with E-state index < -0.39 is 9.84 Å². The second kappa shape index (κ2) is 8.03. The van der Waals surface area contributed by atoms with Crippen LogP contribution in [0, 0.1) is 0 Å². The lowest BCUT2D eigenvalue weighted by Crippen LogP contribution is -2.06. The van der Waals surface area contributed by atoms with Crippen molar-refractivity contribution in [1.82, 2.24) is 0 Å². The molecule has 0 heterocycles. The molecule has 0 aromatic heterocycles. The summed E-state index contributed by atoms with van der Waals surface area (Å²) >= 11 is 12.0. The quantitative estimate of drug-likeness (QED) is 0.338. The van der Waals surface area contributed by atoms with Crippen LogP contribution in [0.2, 0.25) is 10.0 Å². The van der Waals surface area contributed by atoms with E-state index >= 15 is 0 Å². The molecule has 4 aromatic rings. The van der Waals surface area contributed by atoms with Crippen LogP contribution in [-0.4, -0.2) is 8.42 Å². The zero-order chi connectivity index (χ0) is 20.4. The molecule has 0 aliphatic rings. The van der Waals surface area contributed by atoms with E-state index in [-0.39, 0.29) is 9.79 Å². The van der Waals surface area contributed by atoms with Gasteiger partial charge in [-0.25, -0.2) is 8.42 Å². The highest BCUT2D eigenvalue weighted by molar-refractivity contribution is 7.91. The topological polar surface area (TPSA) is 34.1 Å². The van der Waals surface area contributed by atoms with Gasteiger partial charge in [0.1, 0.15) is 0 Å². The predicted molar refractivity (Wildman–Crippen MR) is 119 cm³/mol. The van der Waals surface area contributed by atoms with Crippen LogP contribution in [0.25, 0.3) is 22.3 Å². The Kier molecular flexibility index (Phi) is 5.46. The molecule has 0 bridgehead atoms. The largest absolute Gasteiger partial charge is 0.218 e. The highest BCUT2D eigenvalue weighted by Crippen LogP contribution is 2.36. The van der Waals surface area contributed by atoms with Crippen molar-refractivity contribution in [3.63, 3.8) is 0 Å². The van der Waals surface area contributed by atoms with Gasteiger partial charge in [0, 0.05) is 21.2 Å². The first-order chi connectivity index (χ1) is 14.0. The average molecular weight is 439 g/mol. The van der Waals surface area contributed by atoms with Crippen molar-refractivity contribution in [2.75, 3.05) is 0 Å². The maximum Gasteiger partial charge on any atom is 0.207 e. The minimum atomic E-state index is -3.78. The Balaban J connectivity index is 1.90. The van der Waals surface area contributed by atoms with Crippen LogP contribution in [0.5, 0.6) is 0 Å². The fourth-order valence-electron chi connectivity index (χ4n) is 3.26. The van der Waals surface area contributed by atoms with Gasteiger partial charge < -0.3 is 0 Å². The van der Waals surface area contributed by atoms with E-state index in [9.17, 15) is 8.42 Å². The molecule has 2 nitrogen and oxygen atoms in total. The monoisotopic (exact) mass is 438 g/mol. The Labute approximate surface area is 180 Å². The average Bonchev–Trinajstić information content (AvgIpc) is 2.75. The van der Waals surface area contributed by atoms with Gasteiger partial charge in [0.15, 0.2) is 0 Å². The lowest BCUT2D eigenvalue weighted by molar-refractivity contribution is 0.596. The minimum Gasteiger partial charge on any atom is -0.218 e. The highest BCUT2D eigenvalue weighted by atomic mass is 35.5. The molecule has 0 saturated heterocycles. The lowest BCUT2D eigenvalue weighted by atomic mass is 10.1. The van der Waals surface area contributed by atoms with Crippen molar-refractivity contribution < 1.29 is 8.42 Å². The normalized spacial score (nSPS) is 11.4. The summed E-state index contributed by atoms with van der Waals surface area (Å²) in [5.41, 5.74) is 2.85. The molecule has 5 heteroatoms. The van der Waals surface area contributed by atoms with Gasteiger partial charge in [-0.1, -0.05) is 83.9 Å². The summed E-state index contributed by atoms with van der Waals surface area (Å²) in [6.07, 6.45) is 0. The van der Waals surface area contributed by atoms with Crippen LogP contribution < -0.4 is 0 Å². The van der Waals surface area contributed by atoms with Crippen LogP contribution in [0.3, 0.4) is 0 Å². The Morgan fingerprint density at radius 1 is 0.483 bits per heavy atom. The summed E-state index contributed by atoms with van der Waals surface area (Å²) in [6, 6.07) is 28.3. The van der Waals surface area contributed by atoms with Gasteiger partial charge in [-0.2, -0.15) is 0 Å². The molecule has 0 amide bonds. The lowest BCUT2D eigenvalue weighted by Gasteiger charge is -2.14. The molecule has 0 N–H and O–H groups in total. The van der Waals surface area contributed by atoms with Crippen molar-refractivity contribution in [3.8, 4) is 22.3 Å². The van der Waals surface area contributed by atoms with E-state index in [4.69, 9.17) is 23.2 Å². The van der Waals surface area contributed by atoms with Crippen molar-refractivity contribution in [3.05, 3.63) is 107 Å². The standard InChI is InChI=1S/C24H16Cl2O2S/c25-19-13-9-17(10-14-19)21-5-1-3-7-23(21)29(27,28)24-8-4-2-6-22(24)18-11-15-20(26)16-12-18/h1-16H. The van der Waals surface area contributed by atoms with E-state index in [0.29, 0.717) is 21.2 Å². The number of benzene rings is 4. The third-order valence-electron chi connectivity index (χ3n) is 4.66. The molecular formula is C24H16Cl2O2S. The van der Waals surface area contributed by atoms with Gasteiger partial charge in [0.05, 0.1) is 9.79 Å². The molecule has 0 saturated carbocycles. The van der Waals surface area contributed by atoms with Crippen molar-refractivity contribution in [2.45, 2.75) is 9.79 Å². The molecule has 4 aromatic carbocycles. The van der Waals surface area contributed by atoms with E-state index in [1.807, 2.05) is 36.4 Å². The number of halogens is 2. The van der Waals surface area contributed by atoms with Gasteiger partial charge in [0.2, 0.25) is 9.84 Å². The first-order valence-electron chi connectivity index (χ1n) is 8.92. The fraction of sp³-hybridized carbons (Fsp3) is 0. The summed E-state index contributed by atoms with van der Waals surface area (Å²) in [6.45, 7) is 0. The van der Waals surface area contributed by atoms with Crippen molar-refractivity contribution >= 4 is 33.0 Å². The van der Waals surface area contributed by atoms with E-state index in [1.165, 1.54) is 0 Å². The summed E-state index contributed by atoms with van der Waals surface area (Å²) in [4.78, 5) is 0.507. The maximum atomic E-state index is 13.7. The van der Waals surface area contributed by atoms with Crippen molar-refractivity contribution in [1.29, 1.82) is 0 Å². The van der Waals surface area contributed by atoms with Gasteiger partial charge in [-0.3, -0.25) is 0 Å². The Morgan fingerprint density at radius 2 is 0.828 bits per heavy atom. The molecule has 29 heavy (non-hydrogen) atoms. The molecule has 144 valence electrons. The number of rotatable bonds is 4. The van der Waals surface area contributed by atoms with Gasteiger partial charge in [-0.05, 0) is 47.5 Å². The molecule has 0 atom stereocenters. The summed E-state index contributed by atoms with van der Waals surface area (Å²) in [5, 5.41) is 1.20. The highest BCUT2D eigenvalue weighted by Gasteiger charge is 2.24. The zero-order valence-electron chi connectivity index (χ0n) is 15.2. The molecule has 0 aliphatic heterocycles. The summed E-state index contributed by atoms with van der Waals surface area (Å²) in [5.74, 6) is 0. The molecular weight excluding hydrogens is 423 g/mol. The van der Waals surface area contributed by atoms with Crippen LogP contribution in [-0.2, 0) is 9.84 Å². The number of sulfone groups is 1. The van der Waals surface area contributed by atoms with E-state index in [1.54, 1.807) is 60.7 Å². The molecule has 0 unspecified atom stereocenters. The first kappa shape index (κ1) is 19.7. The SMILES string of the molecule is O=S(=O)(c1ccccc1-c1ccc(Cl)cc1)c1ccccc1-c1ccc(Cl)cc1. The van der Waals surface area contributed by atoms with Crippen LogP contribution >= 0.6 is 23.2 Å². The van der Waals surface area contributed by atoms with Crippen LogP contribution in [0.1, 0.15) is 0 Å². The maximum absolute atomic E-state index is 13.7. The minimum absolute atomic E-state index is 0.253. The van der Waals surface area contributed by atoms with Gasteiger partial charge >= 0.3 is 0 Å². The van der Waals surface area contributed by atoms with E-state index in [2.05, 4.69) is 0 Å². The third-order valence-corrected chi connectivity index (χ3v) is 7.04. The first-order valence-corrected chi connectivity index (χ1v) is 11.2. The zero-order valence-corrected chi connectivity index (χ0v) is 17.5. The van der Waals surface area contributed by atoms with Crippen molar-refractivity contribution in [2.24, 2.45) is 0 Å². The molecule has 0 spiro atoms. The summed E-state index contributed by atoms with van der Waals surface area (Å²) in [7, 11) is -3.78. The Morgan fingerprint density at radius 3 is 1.21 bits per heavy atom. The predicted octanol–water partition coefficient (Wildman–Crippen LogP) is 7.16. The number of hydrogen-bond acceptors (Lipinski definition) is 2. The second-order valence-electron chi connectivity index (χ2n) is 6.51. The molecule has 0 aliphatic carbocycles. The fourth-order valence-corrected chi connectivity index (χ4v) is 5.21. The van der Waals surface area contributed by atoms with Gasteiger partial charge in [-0.15, -0.1) is 0 Å². The third kappa shape index (κ3) is 3.95. The smallest absolute Gasteiger partial charge is 0.207 e. The second-order valence-corrected chi connectivity index (χ2v) is 9.27. The van der Waals surface area contributed by atoms with Gasteiger partial charge in [0.25, 0.3) is 0 Å². The van der Waals surface area contributed by atoms with Crippen LogP contribution in [0.4, 0.5) is 0 Å². The number of hydrogen-bond donors (Lipinski definition) is 0. The molecule has 0 fully saturated rings. The van der Waals surface area contributed by atoms with E-state index in [0.717, 1.165) is 11.1 Å². The molecule has 4 rings (SSSR count). The van der Waals surface area contributed by atoms with Crippen LogP contribution in [0.15, 0.2) is 107 Å².